The van der Waals surface area contributed by atoms with Crippen molar-refractivity contribution in [3.05, 3.63) is 217 Å². The van der Waals surface area contributed by atoms with Crippen molar-refractivity contribution >= 4 is 96.2 Å². The molecule has 71 heavy (non-hydrogen) atoms. The molecule has 3 heterocycles. The third-order valence-electron chi connectivity index (χ3n) is 14.9. The van der Waals surface area contributed by atoms with E-state index in [1.165, 1.54) is 50.1 Å². The summed E-state index contributed by atoms with van der Waals surface area (Å²) in [6, 6.07) is 74.5. The number of anilines is 9. The van der Waals surface area contributed by atoms with E-state index < -0.39 is 0 Å². The summed E-state index contributed by atoms with van der Waals surface area (Å²) in [5, 5.41) is 2.28. The van der Waals surface area contributed by atoms with Gasteiger partial charge in [0, 0.05) is 56.3 Å². The van der Waals surface area contributed by atoms with Gasteiger partial charge in [-0.3, -0.25) is 0 Å². The van der Waals surface area contributed by atoms with Gasteiger partial charge in [0.05, 0.1) is 5.69 Å². The largest absolute Gasteiger partial charge is 0.456 e. The molecular formula is C66H60BN3O. The second kappa shape index (κ2) is 16.4. The summed E-state index contributed by atoms with van der Waals surface area (Å²) < 4.78 is 6.37. The van der Waals surface area contributed by atoms with Crippen LogP contribution in [0.4, 0.5) is 51.2 Å². The summed E-state index contributed by atoms with van der Waals surface area (Å²) >= 11 is 0. The monoisotopic (exact) mass is 921 g/mol. The van der Waals surface area contributed by atoms with E-state index in [2.05, 4.69) is 265 Å². The molecule has 0 unspecified atom stereocenters. The van der Waals surface area contributed by atoms with E-state index in [0.717, 1.165) is 67.2 Å². The summed E-state index contributed by atoms with van der Waals surface area (Å²) in [5.41, 5.74) is 22.1. The van der Waals surface area contributed by atoms with Gasteiger partial charge in [0.2, 0.25) is 0 Å². The van der Waals surface area contributed by atoms with Gasteiger partial charge in [-0.2, -0.15) is 0 Å². The Morgan fingerprint density at radius 2 is 0.817 bits per heavy atom. The van der Waals surface area contributed by atoms with Gasteiger partial charge in [-0.15, -0.1) is 0 Å². The highest BCUT2D eigenvalue weighted by atomic mass is 16.3. The standard InChI is InChI=1S/C66H60BN3O/c1-64(2,3)45-27-33-51(34-28-45)70-58-37-30-47(66(7,8)9)40-56(58)67-55-39-46(65(4,5)6)29-36-57(55)69(50-31-24-43(25-32-50)44-26-35-54-53-22-16-17-23-61(53)71-62(54)38-44)59-41-52(42-60(70)63(59)67)68(48-18-12-10-13-19-48)49-20-14-11-15-21-49/h10-42H,1-9H3. The van der Waals surface area contributed by atoms with Crippen molar-refractivity contribution in [1.82, 2.24) is 0 Å². The number of benzene rings is 9. The summed E-state index contributed by atoms with van der Waals surface area (Å²) in [4.78, 5) is 7.51. The van der Waals surface area contributed by atoms with Crippen LogP contribution in [0, 0.1) is 0 Å². The van der Waals surface area contributed by atoms with E-state index in [1.54, 1.807) is 0 Å². The molecule has 9 aromatic carbocycles. The minimum Gasteiger partial charge on any atom is -0.456 e. The number of para-hydroxylation sites is 3. The Kier molecular flexibility index (Phi) is 10.3. The first-order valence-electron chi connectivity index (χ1n) is 25.2. The van der Waals surface area contributed by atoms with Crippen LogP contribution in [0.25, 0.3) is 33.1 Å². The lowest BCUT2D eigenvalue weighted by Crippen LogP contribution is -2.61. The van der Waals surface area contributed by atoms with E-state index in [0.29, 0.717) is 0 Å². The van der Waals surface area contributed by atoms with Crippen molar-refractivity contribution in [1.29, 1.82) is 0 Å². The molecule has 348 valence electrons. The zero-order valence-electron chi connectivity index (χ0n) is 42.4. The van der Waals surface area contributed by atoms with E-state index in [-0.39, 0.29) is 23.0 Å². The summed E-state index contributed by atoms with van der Waals surface area (Å²) in [6.45, 7) is 20.8. The molecule has 4 nitrogen and oxygen atoms in total. The lowest BCUT2D eigenvalue weighted by Gasteiger charge is -2.45. The van der Waals surface area contributed by atoms with Crippen LogP contribution in [0.15, 0.2) is 205 Å². The average Bonchev–Trinajstić information content (AvgIpc) is 3.74. The lowest BCUT2D eigenvalue weighted by molar-refractivity contribution is 0.590. The van der Waals surface area contributed by atoms with Crippen molar-refractivity contribution in [3.8, 4) is 11.1 Å². The fourth-order valence-electron chi connectivity index (χ4n) is 11.0. The molecule has 10 aromatic rings. The molecule has 1 aromatic heterocycles. The molecule has 0 saturated carbocycles. The molecular weight excluding hydrogens is 862 g/mol. The molecule has 0 radical (unpaired) electrons. The summed E-state index contributed by atoms with van der Waals surface area (Å²) in [6.07, 6.45) is 0. The second-order valence-electron chi connectivity index (χ2n) is 22.7. The van der Waals surface area contributed by atoms with Gasteiger partial charge in [0.1, 0.15) is 11.2 Å². The minimum absolute atomic E-state index is 0.0146. The van der Waals surface area contributed by atoms with Gasteiger partial charge in [-0.1, -0.05) is 172 Å². The Bertz CT molecular complexity index is 3610. The maximum atomic E-state index is 6.37. The minimum atomic E-state index is -0.0626. The number of rotatable bonds is 6. The number of nitrogens with zero attached hydrogens (tertiary/aromatic N) is 3. The predicted octanol–water partition coefficient (Wildman–Crippen LogP) is 16.7. The van der Waals surface area contributed by atoms with E-state index in [4.69, 9.17) is 4.42 Å². The molecule has 0 spiro atoms. The van der Waals surface area contributed by atoms with Crippen molar-refractivity contribution < 1.29 is 4.42 Å². The maximum absolute atomic E-state index is 6.37. The van der Waals surface area contributed by atoms with Crippen LogP contribution in [0.5, 0.6) is 0 Å². The molecule has 0 fully saturated rings. The summed E-state index contributed by atoms with van der Waals surface area (Å²) in [7, 11) is 0. The molecule has 0 amide bonds. The van der Waals surface area contributed by atoms with Gasteiger partial charge < -0.3 is 19.1 Å². The Hall–Kier alpha value is -7.76. The van der Waals surface area contributed by atoms with E-state index in [9.17, 15) is 0 Å². The van der Waals surface area contributed by atoms with Crippen molar-refractivity contribution in [2.75, 3.05) is 14.7 Å². The number of hydrogen-bond acceptors (Lipinski definition) is 4. The van der Waals surface area contributed by atoms with E-state index >= 15 is 0 Å². The van der Waals surface area contributed by atoms with Crippen LogP contribution < -0.4 is 31.1 Å². The van der Waals surface area contributed by atoms with Gasteiger partial charge in [-0.25, -0.2) is 0 Å². The van der Waals surface area contributed by atoms with Gasteiger partial charge in [-0.05, 0) is 151 Å². The highest BCUT2D eigenvalue weighted by Crippen LogP contribution is 2.49. The Morgan fingerprint density at radius 1 is 0.366 bits per heavy atom. The third-order valence-corrected chi connectivity index (χ3v) is 14.9. The first-order chi connectivity index (χ1) is 34.1. The second-order valence-corrected chi connectivity index (χ2v) is 22.7. The highest BCUT2D eigenvalue weighted by molar-refractivity contribution is 7.00. The van der Waals surface area contributed by atoms with Gasteiger partial charge >= 0.3 is 0 Å². The van der Waals surface area contributed by atoms with Crippen LogP contribution in [-0.4, -0.2) is 6.71 Å². The summed E-state index contributed by atoms with van der Waals surface area (Å²) in [5.74, 6) is 0. The predicted molar refractivity (Wildman–Crippen MR) is 304 cm³/mol. The molecule has 2 aliphatic heterocycles. The number of fused-ring (bicyclic) bond motifs is 7. The zero-order valence-corrected chi connectivity index (χ0v) is 42.4. The Labute approximate surface area is 419 Å². The van der Waals surface area contributed by atoms with Crippen molar-refractivity contribution in [2.24, 2.45) is 0 Å². The number of hydrogen-bond donors (Lipinski definition) is 0. The molecule has 5 heteroatoms. The first-order valence-corrected chi connectivity index (χ1v) is 25.2. The Morgan fingerprint density at radius 3 is 1.34 bits per heavy atom. The lowest BCUT2D eigenvalue weighted by atomic mass is 9.33. The normalized spacial score (nSPS) is 13.3. The van der Waals surface area contributed by atoms with Crippen LogP contribution in [0.1, 0.15) is 79.0 Å². The first kappa shape index (κ1) is 44.5. The topological polar surface area (TPSA) is 22.9 Å². The van der Waals surface area contributed by atoms with Crippen LogP contribution in [0.2, 0.25) is 0 Å². The third kappa shape index (κ3) is 7.61. The maximum Gasteiger partial charge on any atom is 0.252 e. The quantitative estimate of drug-likeness (QED) is 0.155. The van der Waals surface area contributed by atoms with Crippen LogP contribution >= 0.6 is 0 Å². The average molecular weight is 922 g/mol. The van der Waals surface area contributed by atoms with Crippen molar-refractivity contribution in [2.45, 2.75) is 78.6 Å². The zero-order chi connectivity index (χ0) is 49.0. The fraction of sp³-hybridized carbons (Fsp3) is 0.182. The molecule has 2 aliphatic rings. The molecule has 0 aliphatic carbocycles. The van der Waals surface area contributed by atoms with Crippen LogP contribution in [0.3, 0.4) is 0 Å². The van der Waals surface area contributed by atoms with Gasteiger partial charge in [0.25, 0.3) is 6.71 Å². The van der Waals surface area contributed by atoms with E-state index in [1.807, 2.05) is 12.1 Å². The smallest absolute Gasteiger partial charge is 0.252 e. The molecule has 0 N–H and O–H groups in total. The highest BCUT2D eigenvalue weighted by Gasteiger charge is 2.45. The molecule has 0 atom stereocenters. The molecule has 0 bridgehead atoms. The molecule has 0 saturated heterocycles. The van der Waals surface area contributed by atoms with Crippen molar-refractivity contribution in [3.63, 3.8) is 0 Å². The van der Waals surface area contributed by atoms with Crippen LogP contribution in [-0.2, 0) is 16.2 Å². The Balaban J connectivity index is 1.14. The molecule has 12 rings (SSSR count). The fourth-order valence-corrected chi connectivity index (χ4v) is 11.0. The van der Waals surface area contributed by atoms with Gasteiger partial charge in [0.15, 0.2) is 0 Å². The number of furan rings is 1. The SMILES string of the molecule is CC(C)(C)c1ccc(N2c3ccc(C(C)(C)C)cc3B3c4cc(C(C)(C)C)ccc4N(c4ccc(-c5ccc6c(c5)oc5ccccc56)cc4)c4cc(N(c5ccccc5)c5ccccc5)cc2c43)cc1.